The molecule has 0 aliphatic heterocycles. The molecule has 0 saturated carbocycles. The summed E-state index contributed by atoms with van der Waals surface area (Å²) in [6, 6.07) is 2.13. The van der Waals surface area contributed by atoms with Crippen molar-refractivity contribution in [1.82, 2.24) is 9.88 Å². The second-order valence-corrected chi connectivity index (χ2v) is 4.12. The number of rotatable bonds is 4. The molecule has 2 heteroatoms. The molecule has 0 radical (unpaired) electrons. The normalized spacial score (nSPS) is 13.2. The van der Waals surface area contributed by atoms with Crippen LogP contribution in [-0.2, 0) is 6.54 Å². The van der Waals surface area contributed by atoms with Gasteiger partial charge in [-0.1, -0.05) is 13.8 Å². The highest BCUT2D eigenvalue weighted by Crippen LogP contribution is 2.22. The topological polar surface area (TPSA) is 16.1 Å². The lowest BCUT2D eigenvalue weighted by atomic mass is 9.95. The Bertz CT molecular complexity index is 281. The van der Waals surface area contributed by atoms with E-state index in [2.05, 4.69) is 43.9 Å². The fraction of sp³-hybridized carbons (Fsp3) is 0.583. The van der Waals surface area contributed by atoms with E-state index in [9.17, 15) is 0 Å². The van der Waals surface area contributed by atoms with Gasteiger partial charge in [0.15, 0.2) is 0 Å². The quantitative estimate of drug-likeness (QED) is 0.729. The molecule has 14 heavy (non-hydrogen) atoms. The van der Waals surface area contributed by atoms with E-state index in [1.165, 1.54) is 17.5 Å². The number of hydrogen-bond donors (Lipinski definition) is 0. The Labute approximate surface area is 87.0 Å². The molecule has 1 unspecified atom stereocenters. The van der Waals surface area contributed by atoms with Crippen molar-refractivity contribution >= 4 is 0 Å². The van der Waals surface area contributed by atoms with E-state index in [1.54, 1.807) is 0 Å². The van der Waals surface area contributed by atoms with Crippen molar-refractivity contribution in [1.29, 1.82) is 0 Å². The first-order valence-corrected chi connectivity index (χ1v) is 5.22. The molecule has 0 aromatic carbocycles. The maximum atomic E-state index is 4.20. The van der Waals surface area contributed by atoms with Gasteiger partial charge in [0, 0.05) is 18.9 Å². The van der Waals surface area contributed by atoms with Gasteiger partial charge in [0.05, 0.1) is 0 Å². The lowest BCUT2D eigenvalue weighted by Crippen LogP contribution is -2.13. The SMILES string of the molecule is CCC(C)c1cnccc1CN(C)C. The van der Waals surface area contributed by atoms with Gasteiger partial charge in [0.25, 0.3) is 0 Å². The number of aromatic nitrogens is 1. The van der Waals surface area contributed by atoms with Crippen molar-refractivity contribution in [2.24, 2.45) is 0 Å². The predicted octanol–water partition coefficient (Wildman–Crippen LogP) is 2.66. The molecule has 1 aromatic heterocycles. The summed E-state index contributed by atoms with van der Waals surface area (Å²) in [5.74, 6) is 0.610. The first kappa shape index (κ1) is 11.2. The van der Waals surface area contributed by atoms with Crippen LogP contribution in [0.4, 0.5) is 0 Å². The van der Waals surface area contributed by atoms with E-state index in [1.807, 2.05) is 12.4 Å². The van der Waals surface area contributed by atoms with E-state index in [0.717, 1.165) is 6.54 Å². The first-order chi connectivity index (χ1) is 6.65. The van der Waals surface area contributed by atoms with Crippen LogP contribution in [0.2, 0.25) is 0 Å². The maximum Gasteiger partial charge on any atom is 0.0305 e. The van der Waals surface area contributed by atoms with Gasteiger partial charge >= 0.3 is 0 Å². The van der Waals surface area contributed by atoms with E-state index >= 15 is 0 Å². The Kier molecular flexibility index (Phi) is 4.08. The minimum absolute atomic E-state index is 0.610. The summed E-state index contributed by atoms with van der Waals surface area (Å²) >= 11 is 0. The van der Waals surface area contributed by atoms with Crippen LogP contribution in [0, 0.1) is 0 Å². The summed E-state index contributed by atoms with van der Waals surface area (Å²) < 4.78 is 0. The van der Waals surface area contributed by atoms with Crippen molar-refractivity contribution < 1.29 is 0 Å². The van der Waals surface area contributed by atoms with Crippen LogP contribution in [0.15, 0.2) is 18.5 Å². The largest absolute Gasteiger partial charge is 0.305 e. The van der Waals surface area contributed by atoms with Gasteiger partial charge in [-0.2, -0.15) is 0 Å². The van der Waals surface area contributed by atoms with Crippen molar-refractivity contribution in [3.63, 3.8) is 0 Å². The van der Waals surface area contributed by atoms with Crippen LogP contribution in [0.25, 0.3) is 0 Å². The molecule has 1 atom stereocenters. The Morgan fingerprint density at radius 2 is 2.14 bits per heavy atom. The summed E-state index contributed by atoms with van der Waals surface area (Å²) in [5.41, 5.74) is 2.79. The molecule has 0 N–H and O–H groups in total. The average Bonchev–Trinajstić information content (AvgIpc) is 2.16. The molecule has 2 nitrogen and oxygen atoms in total. The summed E-state index contributed by atoms with van der Waals surface area (Å²) in [7, 11) is 4.20. The van der Waals surface area contributed by atoms with Crippen molar-refractivity contribution in [2.75, 3.05) is 14.1 Å². The lowest BCUT2D eigenvalue weighted by molar-refractivity contribution is 0.399. The van der Waals surface area contributed by atoms with Gasteiger partial charge in [-0.15, -0.1) is 0 Å². The molecule has 0 spiro atoms. The first-order valence-electron chi connectivity index (χ1n) is 5.22. The van der Waals surface area contributed by atoms with Crippen LogP contribution in [0.1, 0.15) is 37.3 Å². The summed E-state index contributed by atoms with van der Waals surface area (Å²) in [6.45, 7) is 5.48. The van der Waals surface area contributed by atoms with Crippen molar-refractivity contribution in [3.8, 4) is 0 Å². The van der Waals surface area contributed by atoms with E-state index in [0.29, 0.717) is 5.92 Å². The molecule has 0 aliphatic rings. The van der Waals surface area contributed by atoms with Gasteiger partial charge in [-0.3, -0.25) is 4.98 Å². The van der Waals surface area contributed by atoms with Gasteiger partial charge in [-0.05, 0) is 43.6 Å². The Balaban J connectivity index is 2.91. The monoisotopic (exact) mass is 192 g/mol. The minimum Gasteiger partial charge on any atom is -0.305 e. The zero-order chi connectivity index (χ0) is 10.6. The number of pyridine rings is 1. The third kappa shape index (κ3) is 2.81. The van der Waals surface area contributed by atoms with Crippen LogP contribution in [-0.4, -0.2) is 24.0 Å². The highest BCUT2D eigenvalue weighted by molar-refractivity contribution is 5.26. The molecule has 1 aromatic rings. The fourth-order valence-corrected chi connectivity index (χ4v) is 1.58. The minimum atomic E-state index is 0.610. The fourth-order valence-electron chi connectivity index (χ4n) is 1.58. The van der Waals surface area contributed by atoms with Crippen LogP contribution in [0.5, 0.6) is 0 Å². The van der Waals surface area contributed by atoms with Gasteiger partial charge in [0.2, 0.25) is 0 Å². The van der Waals surface area contributed by atoms with E-state index in [4.69, 9.17) is 0 Å². The molecule has 0 amide bonds. The zero-order valence-electron chi connectivity index (χ0n) is 9.62. The maximum absolute atomic E-state index is 4.20. The summed E-state index contributed by atoms with van der Waals surface area (Å²) in [4.78, 5) is 6.40. The zero-order valence-corrected chi connectivity index (χ0v) is 9.62. The molecule has 0 fully saturated rings. The van der Waals surface area contributed by atoms with E-state index in [-0.39, 0.29) is 0 Å². The second kappa shape index (κ2) is 5.11. The number of hydrogen-bond acceptors (Lipinski definition) is 2. The van der Waals surface area contributed by atoms with Gasteiger partial charge in [0.1, 0.15) is 0 Å². The Morgan fingerprint density at radius 1 is 1.43 bits per heavy atom. The van der Waals surface area contributed by atoms with Crippen molar-refractivity contribution in [3.05, 3.63) is 29.6 Å². The van der Waals surface area contributed by atoms with Crippen LogP contribution < -0.4 is 0 Å². The van der Waals surface area contributed by atoms with E-state index < -0.39 is 0 Å². The average molecular weight is 192 g/mol. The molecule has 0 bridgehead atoms. The van der Waals surface area contributed by atoms with Gasteiger partial charge in [-0.25, -0.2) is 0 Å². The molecule has 1 rings (SSSR count). The Morgan fingerprint density at radius 3 is 2.71 bits per heavy atom. The molecule has 0 aliphatic carbocycles. The number of nitrogens with zero attached hydrogens (tertiary/aromatic N) is 2. The molecular formula is C12H20N2. The highest BCUT2D eigenvalue weighted by atomic mass is 15.0. The standard InChI is InChI=1S/C12H20N2/c1-5-10(2)12-8-13-7-6-11(12)9-14(3)4/h6-8,10H,5,9H2,1-4H3. The molecule has 78 valence electrons. The van der Waals surface area contributed by atoms with Crippen molar-refractivity contribution in [2.45, 2.75) is 32.7 Å². The Hall–Kier alpha value is -0.890. The molecule has 1 heterocycles. The smallest absolute Gasteiger partial charge is 0.0305 e. The lowest BCUT2D eigenvalue weighted by Gasteiger charge is -2.17. The highest BCUT2D eigenvalue weighted by Gasteiger charge is 2.08. The third-order valence-corrected chi connectivity index (χ3v) is 2.58. The second-order valence-electron chi connectivity index (χ2n) is 4.12. The van der Waals surface area contributed by atoms with Gasteiger partial charge < -0.3 is 4.90 Å². The summed E-state index contributed by atoms with van der Waals surface area (Å²) in [6.07, 6.45) is 5.06. The summed E-state index contributed by atoms with van der Waals surface area (Å²) in [5, 5.41) is 0. The van der Waals surface area contributed by atoms with Crippen LogP contribution in [0.3, 0.4) is 0 Å². The third-order valence-electron chi connectivity index (χ3n) is 2.58. The molecular weight excluding hydrogens is 172 g/mol. The molecule has 0 saturated heterocycles. The van der Waals surface area contributed by atoms with Crippen LogP contribution >= 0.6 is 0 Å². The predicted molar refractivity (Wildman–Crippen MR) is 60.3 cm³/mol.